The topological polar surface area (TPSA) is 57.8 Å². The molecule has 0 unspecified atom stereocenters. The van der Waals surface area contributed by atoms with Gasteiger partial charge in [-0.2, -0.15) is 11.2 Å². The van der Waals surface area contributed by atoms with Crippen LogP contribution in [0.4, 0.5) is 8.78 Å². The average Bonchev–Trinajstić information content (AvgIpc) is 3.31. The molecule has 0 spiro atoms. The second-order valence-corrected chi connectivity index (χ2v) is 7.84. The molecule has 2 aromatic rings. The third-order valence-corrected chi connectivity index (χ3v) is 6.22. The van der Waals surface area contributed by atoms with Gasteiger partial charge in [0.25, 0.3) is 0 Å². The Kier molecular flexibility index (Phi) is 6.87. The number of carbonyl (C=O) groups excluding carboxylic acids is 1. The van der Waals surface area contributed by atoms with Crippen molar-refractivity contribution in [3.05, 3.63) is 53.4 Å². The molecule has 3 atom stereocenters. The van der Waals surface area contributed by atoms with Gasteiger partial charge in [0.15, 0.2) is 0 Å². The minimum absolute atomic E-state index is 0. The second kappa shape index (κ2) is 9.17. The van der Waals surface area contributed by atoms with Crippen molar-refractivity contribution >= 4 is 5.91 Å². The molecule has 2 N–H and O–H groups in total. The van der Waals surface area contributed by atoms with Gasteiger partial charge in [0.1, 0.15) is 0 Å². The third kappa shape index (κ3) is 4.30. The summed E-state index contributed by atoms with van der Waals surface area (Å²) in [6.07, 6.45) is 10.0. The van der Waals surface area contributed by atoms with Crippen molar-refractivity contribution in [2.45, 2.75) is 51.0 Å². The van der Waals surface area contributed by atoms with Gasteiger partial charge in [0, 0.05) is 46.3 Å². The van der Waals surface area contributed by atoms with Crippen molar-refractivity contribution in [3.8, 4) is 0 Å². The van der Waals surface area contributed by atoms with E-state index in [-0.39, 0.29) is 45.7 Å². The Hall–Kier alpha value is -1.75. The van der Waals surface area contributed by atoms with Gasteiger partial charge in [-0.1, -0.05) is 18.4 Å². The Morgan fingerprint density at radius 3 is 2.68 bits per heavy atom. The number of aromatic amines is 1. The molecule has 4 nitrogen and oxygen atoms in total. The van der Waals surface area contributed by atoms with Gasteiger partial charge in [0.05, 0.1) is 6.20 Å². The van der Waals surface area contributed by atoms with Crippen molar-refractivity contribution < 1.29 is 30.1 Å². The second-order valence-electron chi connectivity index (χ2n) is 7.84. The predicted molar refractivity (Wildman–Crippen MR) is 96.5 cm³/mol. The fraction of sp³-hybridized carbons (Fsp3) is 0.524. The Bertz CT molecular complexity index is 773. The van der Waals surface area contributed by atoms with Crippen LogP contribution in [0.3, 0.4) is 0 Å². The van der Waals surface area contributed by atoms with E-state index in [2.05, 4.69) is 21.6 Å². The van der Waals surface area contributed by atoms with Gasteiger partial charge in [-0.25, -0.2) is 8.78 Å². The summed E-state index contributed by atoms with van der Waals surface area (Å²) < 4.78 is 28.8. The number of H-pyrrole nitrogens is 1. The predicted octanol–water partition coefficient (Wildman–Crippen LogP) is 4.10. The number of aromatic nitrogens is 2. The number of carbonyl (C=O) groups is 1. The summed E-state index contributed by atoms with van der Waals surface area (Å²) in [4.78, 5) is 12.9. The van der Waals surface area contributed by atoms with Crippen molar-refractivity contribution in [2.24, 2.45) is 17.8 Å². The van der Waals surface area contributed by atoms with Crippen molar-refractivity contribution in [1.29, 1.82) is 0 Å². The van der Waals surface area contributed by atoms with E-state index >= 15 is 0 Å². The summed E-state index contributed by atoms with van der Waals surface area (Å²) in [6, 6.07) is 4.29. The van der Waals surface area contributed by atoms with E-state index < -0.39 is 17.7 Å². The van der Waals surface area contributed by atoms with Crippen LogP contribution in [0, 0.1) is 35.5 Å². The quantitative estimate of drug-likeness (QED) is 0.535. The molecule has 0 bridgehead atoms. The van der Waals surface area contributed by atoms with Gasteiger partial charge in [-0.05, 0) is 49.5 Å². The number of benzene rings is 1. The summed E-state index contributed by atoms with van der Waals surface area (Å²) in [5, 5.41) is 9.75. The molecule has 1 heterocycles. The summed E-state index contributed by atoms with van der Waals surface area (Å²) in [7, 11) is 0. The number of hydrogen-bond acceptors (Lipinski definition) is 2. The normalized spacial score (nSPS) is 22.9. The molecule has 4 rings (SSSR count). The summed E-state index contributed by atoms with van der Waals surface area (Å²) in [6.45, 7) is 0. The molecule has 2 aliphatic rings. The number of amides is 1. The first-order chi connectivity index (χ1) is 13.1. The first kappa shape index (κ1) is 21.0. The zero-order valence-electron chi connectivity index (χ0n) is 15.5. The molecule has 7 heteroatoms. The monoisotopic (exact) mass is 430 g/mol. The molecule has 2 saturated carbocycles. The van der Waals surface area contributed by atoms with E-state index in [1.807, 2.05) is 6.20 Å². The Morgan fingerprint density at radius 1 is 1.29 bits per heavy atom. The van der Waals surface area contributed by atoms with E-state index in [1.54, 1.807) is 6.20 Å². The molecule has 1 amide bonds. The van der Waals surface area contributed by atoms with Crippen LogP contribution >= 0.6 is 0 Å². The molecule has 2 aliphatic carbocycles. The van der Waals surface area contributed by atoms with Crippen LogP contribution in [-0.2, 0) is 27.7 Å². The van der Waals surface area contributed by atoms with Crippen LogP contribution in [0.5, 0.6) is 0 Å². The van der Waals surface area contributed by atoms with Crippen LogP contribution in [0.1, 0.15) is 55.7 Å². The van der Waals surface area contributed by atoms with E-state index in [0.717, 1.165) is 50.5 Å². The van der Waals surface area contributed by atoms with E-state index in [9.17, 15) is 13.6 Å². The fourth-order valence-electron chi connectivity index (χ4n) is 4.57. The number of nitrogens with one attached hydrogen (secondary N) is 2. The van der Waals surface area contributed by atoms with Crippen LogP contribution in [0.2, 0.25) is 0 Å². The standard InChI is InChI=1S/C21H24F2N3O.Ni/c22-17-6-3-7-18(23)19(17)20(14-4-1-2-5-14)26-21(27)16-9-8-15(16)10-13-11-24-25-12-13;/h3,6,11-12,14-16,20H,1-2,4-5,8-10H2,(H,24,25)(H,26,27);/q-1;/t15-,16-,20-;/m0./s1. The van der Waals surface area contributed by atoms with Gasteiger partial charge in [-0.3, -0.25) is 9.89 Å². The fourth-order valence-corrected chi connectivity index (χ4v) is 4.57. The molecule has 0 saturated heterocycles. The number of rotatable bonds is 6. The minimum Gasteiger partial charge on any atom is -0.359 e. The van der Waals surface area contributed by atoms with Gasteiger partial charge in [0.2, 0.25) is 5.91 Å². The molecule has 0 radical (unpaired) electrons. The Balaban J connectivity index is 0.00000225. The van der Waals surface area contributed by atoms with E-state index in [1.165, 1.54) is 12.1 Å². The molecule has 2 fully saturated rings. The summed E-state index contributed by atoms with van der Waals surface area (Å²) >= 11 is 0. The summed E-state index contributed by atoms with van der Waals surface area (Å²) in [5.74, 6) is -1.18. The van der Waals surface area contributed by atoms with E-state index in [0.29, 0.717) is 0 Å². The van der Waals surface area contributed by atoms with Crippen LogP contribution < -0.4 is 5.32 Å². The number of nitrogens with zero attached hydrogens (tertiary/aromatic N) is 1. The number of halogens is 2. The van der Waals surface area contributed by atoms with Crippen molar-refractivity contribution in [1.82, 2.24) is 15.5 Å². The maximum atomic E-state index is 14.4. The average molecular weight is 431 g/mol. The van der Waals surface area contributed by atoms with Crippen molar-refractivity contribution in [2.75, 3.05) is 0 Å². The SMILES string of the molecule is O=C(N[C@H](c1c(F)[c-]ccc1F)C1CCCC1)[C@H]1CC[C@H]1Cc1cn[nH]c1.[Ni]. The molecule has 28 heavy (non-hydrogen) atoms. The Morgan fingerprint density at radius 2 is 2.07 bits per heavy atom. The van der Waals surface area contributed by atoms with Gasteiger partial charge < -0.3 is 5.32 Å². The third-order valence-electron chi connectivity index (χ3n) is 6.22. The van der Waals surface area contributed by atoms with Crippen LogP contribution in [0.15, 0.2) is 24.5 Å². The molecular weight excluding hydrogens is 407 g/mol. The maximum absolute atomic E-state index is 14.4. The molecule has 154 valence electrons. The molecular formula is C21H24F2N3NiO-. The van der Waals surface area contributed by atoms with Crippen LogP contribution in [0.25, 0.3) is 0 Å². The number of hydrogen-bond donors (Lipinski definition) is 2. The molecule has 0 aliphatic heterocycles. The minimum atomic E-state index is -0.698. The smallest absolute Gasteiger partial charge is 0.223 e. The first-order valence-corrected chi connectivity index (χ1v) is 9.77. The van der Waals surface area contributed by atoms with Crippen molar-refractivity contribution in [3.63, 3.8) is 0 Å². The molecule has 1 aromatic heterocycles. The Labute approximate surface area is 173 Å². The van der Waals surface area contributed by atoms with Crippen LogP contribution in [-0.4, -0.2) is 16.1 Å². The summed E-state index contributed by atoms with van der Waals surface area (Å²) in [5.41, 5.74) is 1.04. The zero-order valence-corrected chi connectivity index (χ0v) is 16.5. The maximum Gasteiger partial charge on any atom is 0.223 e. The van der Waals surface area contributed by atoms with Gasteiger partial charge in [-0.15, -0.1) is 12.1 Å². The van der Waals surface area contributed by atoms with Gasteiger partial charge >= 0.3 is 0 Å². The zero-order chi connectivity index (χ0) is 18.8. The largest absolute Gasteiger partial charge is 0.359 e. The first-order valence-electron chi connectivity index (χ1n) is 9.77. The van der Waals surface area contributed by atoms with E-state index in [4.69, 9.17) is 0 Å². The molecule has 1 aromatic carbocycles.